The number of Topliss-reactive ketones (excluding diaryl/α,β-unsaturated/α-hetero) is 1. The number of aliphatic carboxylic acids is 1. The molecule has 1 atom stereocenters. The summed E-state index contributed by atoms with van der Waals surface area (Å²) in [5.74, 6) is -1.97. The van der Waals surface area contributed by atoms with E-state index in [0.717, 1.165) is 25.7 Å². The molecule has 1 aliphatic rings. The molecule has 0 aromatic heterocycles. The molecule has 114 valence electrons. The second-order valence-electron chi connectivity index (χ2n) is 6.21. The first-order valence-corrected chi connectivity index (χ1v) is 7.30. The van der Waals surface area contributed by atoms with Gasteiger partial charge in [0.25, 0.3) is 0 Å². The van der Waals surface area contributed by atoms with Crippen LogP contribution in [0.5, 0.6) is 0 Å². The van der Waals surface area contributed by atoms with E-state index >= 15 is 0 Å². The Labute approximate surface area is 120 Å². The van der Waals surface area contributed by atoms with E-state index in [-0.39, 0.29) is 30.6 Å². The summed E-state index contributed by atoms with van der Waals surface area (Å²) in [4.78, 5) is 35.0. The van der Waals surface area contributed by atoms with Crippen molar-refractivity contribution in [2.45, 2.75) is 65.3 Å². The van der Waals surface area contributed by atoms with Gasteiger partial charge in [-0.1, -0.05) is 12.8 Å². The van der Waals surface area contributed by atoms with Crippen molar-refractivity contribution in [3.63, 3.8) is 0 Å². The van der Waals surface area contributed by atoms with Crippen molar-refractivity contribution < 1.29 is 19.5 Å². The molecule has 20 heavy (non-hydrogen) atoms. The van der Waals surface area contributed by atoms with Crippen LogP contribution in [0.1, 0.15) is 59.3 Å². The molecule has 1 fully saturated rings. The van der Waals surface area contributed by atoms with Crippen molar-refractivity contribution in [2.24, 2.45) is 11.3 Å². The van der Waals surface area contributed by atoms with Crippen molar-refractivity contribution in [1.82, 2.24) is 5.32 Å². The summed E-state index contributed by atoms with van der Waals surface area (Å²) in [5, 5.41) is 12.0. The van der Waals surface area contributed by atoms with Crippen LogP contribution >= 0.6 is 0 Å². The van der Waals surface area contributed by atoms with Crippen molar-refractivity contribution >= 4 is 17.7 Å². The number of amides is 1. The third-order valence-electron chi connectivity index (χ3n) is 4.18. The predicted molar refractivity (Wildman–Crippen MR) is 75.2 cm³/mol. The molecule has 0 heterocycles. The Kier molecular flexibility index (Phi) is 5.72. The third kappa shape index (κ3) is 4.32. The number of carboxylic acids is 1. The molecule has 0 bridgehead atoms. The summed E-state index contributed by atoms with van der Waals surface area (Å²) in [6.45, 7) is 5.21. The van der Waals surface area contributed by atoms with Crippen molar-refractivity contribution in [3.05, 3.63) is 0 Å². The Morgan fingerprint density at radius 3 is 2.15 bits per heavy atom. The van der Waals surface area contributed by atoms with Gasteiger partial charge >= 0.3 is 5.97 Å². The summed E-state index contributed by atoms with van der Waals surface area (Å²) in [6, 6.07) is -0.00908. The maximum absolute atomic E-state index is 11.9. The largest absolute Gasteiger partial charge is 0.481 e. The van der Waals surface area contributed by atoms with Gasteiger partial charge < -0.3 is 10.4 Å². The quantitative estimate of drug-likeness (QED) is 0.750. The first kappa shape index (κ1) is 16.7. The molecule has 0 aliphatic heterocycles. The molecule has 0 aromatic rings. The smallest absolute Gasteiger partial charge is 0.307 e. The van der Waals surface area contributed by atoms with Crippen LogP contribution in [0.25, 0.3) is 0 Å². The fraction of sp³-hybridized carbons (Fsp3) is 0.800. The fourth-order valence-electron chi connectivity index (χ4n) is 3.07. The summed E-state index contributed by atoms with van der Waals surface area (Å²) in [5.41, 5.74) is -0.527. The summed E-state index contributed by atoms with van der Waals surface area (Å²) >= 11 is 0. The SMILES string of the molecule is CC(=O)C1(CC(CC(=O)NC(C)C)C(=O)O)CCCC1. The molecular weight excluding hydrogens is 258 g/mol. The molecule has 2 N–H and O–H groups in total. The first-order valence-electron chi connectivity index (χ1n) is 7.30. The number of hydrogen-bond acceptors (Lipinski definition) is 3. The highest BCUT2D eigenvalue weighted by Crippen LogP contribution is 2.44. The van der Waals surface area contributed by atoms with E-state index in [9.17, 15) is 19.5 Å². The van der Waals surface area contributed by atoms with Gasteiger partial charge in [0, 0.05) is 17.9 Å². The van der Waals surface area contributed by atoms with E-state index in [1.54, 1.807) is 6.92 Å². The van der Waals surface area contributed by atoms with Gasteiger partial charge in [-0.15, -0.1) is 0 Å². The first-order chi connectivity index (χ1) is 9.27. The molecular formula is C15H25NO4. The zero-order valence-electron chi connectivity index (χ0n) is 12.6. The normalized spacial score (nSPS) is 18.8. The van der Waals surface area contributed by atoms with Crippen LogP contribution in [0.2, 0.25) is 0 Å². The second-order valence-corrected chi connectivity index (χ2v) is 6.21. The van der Waals surface area contributed by atoms with Gasteiger partial charge in [-0.05, 0) is 40.0 Å². The highest BCUT2D eigenvalue weighted by Gasteiger charge is 2.42. The molecule has 0 aromatic carbocycles. The predicted octanol–water partition coefficient (Wildman–Crippen LogP) is 2.14. The average Bonchev–Trinajstić information content (AvgIpc) is 2.76. The Morgan fingerprint density at radius 2 is 1.75 bits per heavy atom. The molecule has 5 nitrogen and oxygen atoms in total. The maximum atomic E-state index is 11.9. The molecule has 1 rings (SSSR count). The van der Waals surface area contributed by atoms with Gasteiger partial charge in [-0.3, -0.25) is 14.4 Å². The molecule has 5 heteroatoms. The minimum absolute atomic E-state index is 0.00908. The van der Waals surface area contributed by atoms with Gasteiger partial charge in [0.05, 0.1) is 5.92 Å². The lowest BCUT2D eigenvalue weighted by molar-refractivity contribution is -0.146. The van der Waals surface area contributed by atoms with Crippen LogP contribution < -0.4 is 5.32 Å². The van der Waals surface area contributed by atoms with Gasteiger partial charge in [-0.2, -0.15) is 0 Å². The van der Waals surface area contributed by atoms with E-state index < -0.39 is 17.3 Å². The summed E-state index contributed by atoms with van der Waals surface area (Å²) < 4.78 is 0. The second kappa shape index (κ2) is 6.86. The zero-order chi connectivity index (χ0) is 15.3. The van der Waals surface area contributed by atoms with Crippen LogP contribution in [-0.4, -0.2) is 28.8 Å². The summed E-state index contributed by atoms with van der Waals surface area (Å²) in [6.07, 6.45) is 3.65. The lowest BCUT2D eigenvalue weighted by Crippen LogP contribution is -2.36. The van der Waals surface area contributed by atoms with Crippen molar-refractivity contribution in [1.29, 1.82) is 0 Å². The van der Waals surface area contributed by atoms with E-state index in [4.69, 9.17) is 0 Å². The minimum atomic E-state index is -0.989. The highest BCUT2D eigenvalue weighted by molar-refractivity contribution is 5.85. The van der Waals surface area contributed by atoms with Gasteiger partial charge in [0.2, 0.25) is 5.91 Å². The average molecular weight is 283 g/mol. The molecule has 0 saturated heterocycles. The number of carboxylic acid groups (broad SMARTS) is 1. The molecule has 0 radical (unpaired) electrons. The van der Waals surface area contributed by atoms with E-state index in [1.807, 2.05) is 13.8 Å². The van der Waals surface area contributed by atoms with Crippen molar-refractivity contribution in [3.8, 4) is 0 Å². The topological polar surface area (TPSA) is 83.5 Å². The number of carbonyl (C=O) groups excluding carboxylic acids is 2. The number of ketones is 1. The molecule has 0 spiro atoms. The fourth-order valence-corrected chi connectivity index (χ4v) is 3.07. The standard InChI is InChI=1S/C15H25NO4/c1-10(2)16-13(18)8-12(14(19)20)9-15(11(3)17)6-4-5-7-15/h10,12H,4-9H2,1-3H3,(H,16,18)(H,19,20). The molecule has 1 saturated carbocycles. The van der Waals surface area contributed by atoms with Gasteiger partial charge in [-0.25, -0.2) is 0 Å². The highest BCUT2D eigenvalue weighted by atomic mass is 16.4. The van der Waals surface area contributed by atoms with Crippen LogP contribution in [0.3, 0.4) is 0 Å². The lowest BCUT2D eigenvalue weighted by atomic mass is 9.74. The number of rotatable bonds is 7. The Balaban J connectivity index is 2.74. The van der Waals surface area contributed by atoms with E-state index in [1.165, 1.54) is 0 Å². The molecule has 1 amide bonds. The van der Waals surface area contributed by atoms with Crippen LogP contribution in [0, 0.1) is 11.3 Å². The Bertz CT molecular complexity index is 383. The number of hydrogen-bond donors (Lipinski definition) is 2. The van der Waals surface area contributed by atoms with Crippen LogP contribution in [0.4, 0.5) is 0 Å². The monoisotopic (exact) mass is 283 g/mol. The van der Waals surface area contributed by atoms with Crippen LogP contribution in [-0.2, 0) is 14.4 Å². The van der Waals surface area contributed by atoms with E-state index in [2.05, 4.69) is 5.32 Å². The minimum Gasteiger partial charge on any atom is -0.481 e. The Morgan fingerprint density at radius 1 is 1.20 bits per heavy atom. The lowest BCUT2D eigenvalue weighted by Gasteiger charge is -2.29. The zero-order valence-corrected chi connectivity index (χ0v) is 12.6. The Hall–Kier alpha value is -1.39. The third-order valence-corrected chi connectivity index (χ3v) is 4.18. The van der Waals surface area contributed by atoms with Gasteiger partial charge in [0.15, 0.2) is 0 Å². The van der Waals surface area contributed by atoms with Gasteiger partial charge in [0.1, 0.15) is 5.78 Å². The molecule has 1 aliphatic carbocycles. The van der Waals surface area contributed by atoms with Crippen LogP contribution in [0.15, 0.2) is 0 Å². The maximum Gasteiger partial charge on any atom is 0.307 e. The van der Waals surface area contributed by atoms with E-state index in [0.29, 0.717) is 0 Å². The summed E-state index contributed by atoms with van der Waals surface area (Å²) in [7, 11) is 0. The number of nitrogens with one attached hydrogen (secondary N) is 1. The van der Waals surface area contributed by atoms with Crippen molar-refractivity contribution in [2.75, 3.05) is 0 Å². The number of carbonyl (C=O) groups is 3. The molecule has 1 unspecified atom stereocenters.